The quantitative estimate of drug-likeness (QED) is 0.435. The molecule has 2 saturated heterocycles. The highest BCUT2D eigenvalue weighted by Crippen LogP contribution is 2.35. The van der Waals surface area contributed by atoms with Crippen LogP contribution in [0.5, 0.6) is 0 Å². The number of likely N-dealkylation sites (tertiary alicyclic amines) is 1. The average Bonchev–Trinajstić information content (AvgIpc) is 3.14. The number of hydrogen-bond acceptors (Lipinski definition) is 6. The molecule has 2 N–H and O–H groups in total. The third-order valence-corrected chi connectivity index (χ3v) is 6.70. The van der Waals surface area contributed by atoms with E-state index in [2.05, 4.69) is 16.0 Å². The molecule has 1 aromatic heterocycles. The molecule has 0 saturated carbocycles. The van der Waals surface area contributed by atoms with Crippen LogP contribution in [-0.4, -0.2) is 94.6 Å². The highest BCUT2D eigenvalue weighted by molar-refractivity contribution is 5.94. The van der Waals surface area contributed by atoms with Crippen molar-refractivity contribution in [3.8, 4) is 0 Å². The van der Waals surface area contributed by atoms with Gasteiger partial charge in [0.1, 0.15) is 0 Å². The molecule has 45 heavy (non-hydrogen) atoms. The molecule has 4 rings (SSSR count). The normalized spacial score (nSPS) is 17.2. The number of aromatic nitrogens is 1. The van der Waals surface area contributed by atoms with Crippen molar-refractivity contribution in [1.29, 1.82) is 0 Å². The Bertz CT molecular complexity index is 1240. The molecular formula is C27H28F9N3O6. The molecule has 2 aliphatic heterocycles. The number of nitrogens with zero attached hydrogens (tertiary/aromatic N) is 3. The Hall–Kier alpha value is -3.93. The SMILES string of the molecule is O=C(O)C(F)(F)F.O=C(O)C(F)(F)F.O=C(c1ccc(C(F)(F)F)cc1)N1CCC2(CC1)COCCN(Cc1cccnc1)C2. The van der Waals surface area contributed by atoms with Gasteiger partial charge in [0.05, 0.1) is 18.8 Å². The van der Waals surface area contributed by atoms with E-state index < -0.39 is 36.0 Å². The maximum Gasteiger partial charge on any atom is 0.490 e. The summed E-state index contributed by atoms with van der Waals surface area (Å²) in [4.78, 5) is 38.9. The van der Waals surface area contributed by atoms with E-state index in [9.17, 15) is 44.3 Å². The van der Waals surface area contributed by atoms with Crippen LogP contribution >= 0.6 is 0 Å². The molecule has 0 bridgehead atoms. The Balaban J connectivity index is 0.000000421. The molecule has 18 heteroatoms. The largest absolute Gasteiger partial charge is 0.490 e. The fourth-order valence-electron chi connectivity index (χ4n) is 4.44. The van der Waals surface area contributed by atoms with E-state index in [1.54, 1.807) is 11.1 Å². The predicted molar refractivity (Wildman–Crippen MR) is 137 cm³/mol. The van der Waals surface area contributed by atoms with Crippen LogP contribution in [0.25, 0.3) is 0 Å². The molecule has 3 heterocycles. The van der Waals surface area contributed by atoms with Gasteiger partial charge in [-0.3, -0.25) is 14.7 Å². The minimum absolute atomic E-state index is 0.0182. The Labute approximate surface area is 250 Å². The minimum atomic E-state index is -5.08. The molecular weight excluding hydrogens is 633 g/mol. The van der Waals surface area contributed by atoms with Gasteiger partial charge in [0.25, 0.3) is 5.91 Å². The zero-order chi connectivity index (χ0) is 34.1. The molecule has 0 atom stereocenters. The number of carboxylic acids is 2. The second-order valence-electron chi connectivity index (χ2n) is 10.1. The lowest BCUT2D eigenvalue weighted by Crippen LogP contribution is -2.48. The molecule has 1 amide bonds. The summed E-state index contributed by atoms with van der Waals surface area (Å²) in [5, 5.41) is 14.2. The summed E-state index contributed by atoms with van der Waals surface area (Å²) in [6.07, 6.45) is -9.31. The van der Waals surface area contributed by atoms with Crippen molar-refractivity contribution < 1.29 is 68.8 Å². The van der Waals surface area contributed by atoms with Crippen LogP contribution in [0.15, 0.2) is 48.8 Å². The molecule has 1 aromatic carbocycles. The number of halogens is 9. The summed E-state index contributed by atoms with van der Waals surface area (Å²) in [5.74, 6) is -5.73. The van der Waals surface area contributed by atoms with Crippen molar-refractivity contribution in [3.63, 3.8) is 0 Å². The molecule has 0 radical (unpaired) electrons. The number of hydrogen-bond donors (Lipinski definition) is 2. The van der Waals surface area contributed by atoms with Crippen LogP contribution in [-0.2, 0) is 27.0 Å². The molecule has 0 unspecified atom stereocenters. The van der Waals surface area contributed by atoms with Gasteiger partial charge in [-0.2, -0.15) is 39.5 Å². The summed E-state index contributed by atoms with van der Waals surface area (Å²) in [5.41, 5.74) is 0.690. The lowest BCUT2D eigenvalue weighted by molar-refractivity contribution is -0.193. The monoisotopic (exact) mass is 661 g/mol. The third kappa shape index (κ3) is 12.2. The number of pyridine rings is 1. The number of alkyl halides is 9. The van der Waals surface area contributed by atoms with Gasteiger partial charge in [-0.25, -0.2) is 9.59 Å². The summed E-state index contributed by atoms with van der Waals surface area (Å²) in [7, 11) is 0. The maximum absolute atomic E-state index is 12.8. The molecule has 1 spiro atoms. The van der Waals surface area contributed by atoms with E-state index in [4.69, 9.17) is 24.5 Å². The maximum atomic E-state index is 12.8. The Kier molecular flexibility index (Phi) is 12.7. The van der Waals surface area contributed by atoms with Crippen molar-refractivity contribution in [2.24, 2.45) is 5.41 Å². The van der Waals surface area contributed by atoms with E-state index in [0.717, 1.165) is 50.2 Å². The van der Waals surface area contributed by atoms with Crippen molar-refractivity contribution >= 4 is 17.8 Å². The van der Waals surface area contributed by atoms with Crippen LogP contribution in [0.4, 0.5) is 39.5 Å². The second-order valence-corrected chi connectivity index (χ2v) is 10.1. The van der Waals surface area contributed by atoms with Crippen LogP contribution in [0, 0.1) is 5.41 Å². The van der Waals surface area contributed by atoms with Gasteiger partial charge in [0.2, 0.25) is 0 Å². The van der Waals surface area contributed by atoms with Crippen LogP contribution in [0.1, 0.15) is 34.3 Å². The highest BCUT2D eigenvalue weighted by atomic mass is 19.4. The van der Waals surface area contributed by atoms with E-state index in [1.165, 1.54) is 12.1 Å². The fraction of sp³-hybridized carbons (Fsp3) is 0.481. The lowest BCUT2D eigenvalue weighted by atomic mass is 9.78. The van der Waals surface area contributed by atoms with Gasteiger partial charge < -0.3 is 19.8 Å². The molecule has 2 aliphatic rings. The first kappa shape index (κ1) is 37.3. The Morgan fingerprint density at radius 1 is 0.844 bits per heavy atom. The molecule has 250 valence electrons. The number of aliphatic carboxylic acids is 2. The van der Waals surface area contributed by atoms with Gasteiger partial charge in [0, 0.05) is 56.1 Å². The summed E-state index contributed by atoms with van der Waals surface area (Å²) < 4.78 is 108. The first-order valence-corrected chi connectivity index (χ1v) is 13.0. The standard InChI is InChI=1S/C23H26F3N3O2.2C2HF3O2/c24-23(25,26)20-5-3-19(4-6-20)21(30)29-10-7-22(8-11-29)16-28(12-13-31-17-22)15-18-2-1-9-27-14-18;2*3-2(4,5)1(6)7/h1-6,9,14H,7-8,10-13,15-17H2;2*(H,6,7). The average molecular weight is 662 g/mol. The van der Waals surface area contributed by atoms with Crippen molar-refractivity contribution in [3.05, 3.63) is 65.5 Å². The second kappa shape index (κ2) is 15.4. The van der Waals surface area contributed by atoms with Crippen LogP contribution < -0.4 is 0 Å². The smallest absolute Gasteiger partial charge is 0.475 e. The van der Waals surface area contributed by atoms with Gasteiger partial charge in [-0.15, -0.1) is 0 Å². The highest BCUT2D eigenvalue weighted by Gasteiger charge is 2.40. The van der Waals surface area contributed by atoms with Gasteiger partial charge in [-0.1, -0.05) is 6.07 Å². The van der Waals surface area contributed by atoms with Crippen molar-refractivity contribution in [2.75, 3.05) is 39.4 Å². The van der Waals surface area contributed by atoms with E-state index in [-0.39, 0.29) is 11.3 Å². The summed E-state index contributed by atoms with van der Waals surface area (Å²) >= 11 is 0. The summed E-state index contributed by atoms with van der Waals surface area (Å²) in [6, 6.07) is 8.46. The number of amides is 1. The zero-order valence-electron chi connectivity index (χ0n) is 23.3. The van der Waals surface area contributed by atoms with Crippen molar-refractivity contribution in [1.82, 2.24) is 14.8 Å². The number of carbonyl (C=O) groups excluding carboxylic acids is 1. The topological polar surface area (TPSA) is 120 Å². The molecule has 9 nitrogen and oxygen atoms in total. The predicted octanol–water partition coefficient (Wildman–Crippen LogP) is 5.12. The lowest BCUT2D eigenvalue weighted by Gasteiger charge is -2.42. The Morgan fingerprint density at radius 3 is 1.82 bits per heavy atom. The number of benzene rings is 1. The van der Waals surface area contributed by atoms with E-state index >= 15 is 0 Å². The first-order valence-electron chi connectivity index (χ1n) is 13.0. The number of carbonyl (C=O) groups is 3. The number of rotatable bonds is 3. The number of carboxylic acid groups (broad SMARTS) is 2. The minimum Gasteiger partial charge on any atom is -0.475 e. The molecule has 2 aromatic rings. The van der Waals surface area contributed by atoms with Gasteiger partial charge in [0.15, 0.2) is 0 Å². The molecule has 2 fully saturated rings. The van der Waals surface area contributed by atoms with Gasteiger partial charge in [-0.05, 0) is 48.7 Å². The Morgan fingerprint density at radius 2 is 1.38 bits per heavy atom. The fourth-order valence-corrected chi connectivity index (χ4v) is 4.44. The molecule has 0 aliphatic carbocycles. The van der Waals surface area contributed by atoms with E-state index in [1.807, 2.05) is 12.3 Å². The number of ether oxygens (including phenoxy) is 1. The van der Waals surface area contributed by atoms with Crippen LogP contribution in [0.2, 0.25) is 0 Å². The zero-order valence-corrected chi connectivity index (χ0v) is 23.3. The third-order valence-electron chi connectivity index (χ3n) is 6.70. The summed E-state index contributed by atoms with van der Waals surface area (Å²) in [6.45, 7) is 5.05. The van der Waals surface area contributed by atoms with E-state index in [0.29, 0.717) is 31.9 Å². The van der Waals surface area contributed by atoms with Crippen molar-refractivity contribution in [2.45, 2.75) is 37.9 Å². The first-order chi connectivity index (χ1) is 20.7. The van der Waals surface area contributed by atoms with Crippen LogP contribution in [0.3, 0.4) is 0 Å². The number of piperidine rings is 1. The van der Waals surface area contributed by atoms with Gasteiger partial charge >= 0.3 is 30.5 Å².